The minimum atomic E-state index is -2.99. The highest BCUT2D eigenvalue weighted by Gasteiger charge is 2.20. The number of aliphatic carboxylic acids is 1. The van der Waals surface area contributed by atoms with Crippen LogP contribution in [0.15, 0.2) is 6.20 Å². The van der Waals surface area contributed by atoms with Crippen LogP contribution in [0.3, 0.4) is 0 Å². The number of nitrogens with zero attached hydrogens (tertiary/aromatic N) is 1. The fourth-order valence-electron chi connectivity index (χ4n) is 0.953. The van der Waals surface area contributed by atoms with E-state index in [9.17, 15) is 18.0 Å². The van der Waals surface area contributed by atoms with Crippen molar-refractivity contribution in [1.82, 2.24) is 4.98 Å². The molecule has 1 N–H and O–H groups in total. The Morgan fingerprint density at radius 3 is 2.67 bits per heavy atom. The lowest BCUT2D eigenvalue weighted by Gasteiger charge is -2.05. The molecule has 0 saturated heterocycles. The van der Waals surface area contributed by atoms with Crippen molar-refractivity contribution in [2.24, 2.45) is 0 Å². The molecule has 0 fully saturated rings. The number of carboxylic acids is 1. The van der Waals surface area contributed by atoms with Gasteiger partial charge in [-0.15, -0.1) is 0 Å². The minimum Gasteiger partial charge on any atom is -0.481 e. The number of pyridine rings is 1. The van der Waals surface area contributed by atoms with Crippen molar-refractivity contribution in [3.63, 3.8) is 0 Å². The first-order valence-electron chi connectivity index (χ1n) is 3.76. The third kappa shape index (κ3) is 2.59. The third-order valence-corrected chi connectivity index (χ3v) is 1.97. The summed E-state index contributed by atoms with van der Waals surface area (Å²) < 4.78 is 37.6. The van der Waals surface area contributed by atoms with Gasteiger partial charge >= 0.3 is 5.97 Å². The molecular formula is C8H5ClF3NO2. The van der Waals surface area contributed by atoms with Crippen molar-refractivity contribution in [3.8, 4) is 0 Å². The Bertz CT molecular complexity index is 398. The molecule has 1 aromatic heterocycles. The lowest BCUT2D eigenvalue weighted by Crippen LogP contribution is -2.05. The number of alkyl halides is 2. The van der Waals surface area contributed by atoms with E-state index in [2.05, 4.69) is 4.98 Å². The van der Waals surface area contributed by atoms with Crippen LogP contribution in [-0.2, 0) is 11.2 Å². The highest BCUT2D eigenvalue weighted by Crippen LogP contribution is 2.28. The van der Waals surface area contributed by atoms with Gasteiger partial charge in [-0.2, -0.15) is 0 Å². The van der Waals surface area contributed by atoms with Crippen molar-refractivity contribution < 1.29 is 23.1 Å². The zero-order chi connectivity index (χ0) is 11.6. The Labute approximate surface area is 87.5 Å². The van der Waals surface area contributed by atoms with Gasteiger partial charge in [0, 0.05) is 11.8 Å². The molecule has 0 saturated carbocycles. The first kappa shape index (κ1) is 11.8. The third-order valence-electron chi connectivity index (χ3n) is 1.61. The lowest BCUT2D eigenvalue weighted by molar-refractivity contribution is -0.136. The van der Waals surface area contributed by atoms with Gasteiger partial charge in [-0.25, -0.2) is 13.2 Å². The van der Waals surface area contributed by atoms with E-state index in [1.54, 1.807) is 0 Å². The molecule has 0 aromatic carbocycles. The Morgan fingerprint density at radius 1 is 1.60 bits per heavy atom. The summed E-state index contributed by atoms with van der Waals surface area (Å²) in [7, 11) is 0. The van der Waals surface area contributed by atoms with Crippen LogP contribution >= 0.6 is 11.6 Å². The summed E-state index contributed by atoms with van der Waals surface area (Å²) in [5.41, 5.74) is -1.21. The van der Waals surface area contributed by atoms with Gasteiger partial charge in [0.2, 0.25) is 0 Å². The van der Waals surface area contributed by atoms with Crippen LogP contribution in [0.5, 0.6) is 0 Å². The number of rotatable bonds is 3. The van der Waals surface area contributed by atoms with Gasteiger partial charge in [0.25, 0.3) is 6.43 Å². The molecule has 0 aliphatic carbocycles. The van der Waals surface area contributed by atoms with E-state index in [1.807, 2.05) is 0 Å². The van der Waals surface area contributed by atoms with E-state index in [-0.39, 0.29) is 5.56 Å². The zero-order valence-corrected chi connectivity index (χ0v) is 7.93. The highest BCUT2D eigenvalue weighted by molar-refractivity contribution is 6.31. The SMILES string of the molecule is O=C(O)Cc1cnc(C(F)F)c(Cl)c1F. The molecule has 1 rings (SSSR count). The number of halogens is 4. The summed E-state index contributed by atoms with van der Waals surface area (Å²) in [5, 5.41) is 7.55. The van der Waals surface area contributed by atoms with E-state index >= 15 is 0 Å². The highest BCUT2D eigenvalue weighted by atomic mass is 35.5. The normalized spacial score (nSPS) is 10.7. The maximum atomic E-state index is 13.2. The van der Waals surface area contributed by atoms with Gasteiger partial charge in [0.05, 0.1) is 6.42 Å². The maximum Gasteiger partial charge on any atom is 0.307 e. The van der Waals surface area contributed by atoms with Crippen LogP contribution in [0.4, 0.5) is 13.2 Å². The Balaban J connectivity index is 3.15. The topological polar surface area (TPSA) is 50.2 Å². The van der Waals surface area contributed by atoms with E-state index in [0.29, 0.717) is 0 Å². The second-order valence-electron chi connectivity index (χ2n) is 2.67. The first-order chi connectivity index (χ1) is 6.93. The molecule has 0 aliphatic rings. The molecule has 15 heavy (non-hydrogen) atoms. The van der Waals surface area contributed by atoms with Gasteiger partial charge < -0.3 is 5.11 Å². The van der Waals surface area contributed by atoms with E-state index in [0.717, 1.165) is 6.20 Å². The second-order valence-corrected chi connectivity index (χ2v) is 3.05. The fourth-order valence-corrected chi connectivity index (χ4v) is 1.21. The Morgan fingerprint density at radius 2 is 2.20 bits per heavy atom. The van der Waals surface area contributed by atoms with Gasteiger partial charge in [-0.05, 0) is 0 Å². The van der Waals surface area contributed by atoms with E-state index in [4.69, 9.17) is 16.7 Å². The van der Waals surface area contributed by atoms with E-state index in [1.165, 1.54) is 0 Å². The van der Waals surface area contributed by atoms with Crippen LogP contribution in [0.2, 0.25) is 5.02 Å². The molecule has 1 aromatic rings. The fraction of sp³-hybridized carbons (Fsp3) is 0.250. The summed E-state index contributed by atoms with van der Waals surface area (Å²) in [4.78, 5) is 13.5. The lowest BCUT2D eigenvalue weighted by atomic mass is 10.2. The molecule has 0 spiro atoms. The van der Waals surface area contributed by atoms with E-state index < -0.39 is 35.3 Å². The number of hydrogen-bond donors (Lipinski definition) is 1. The van der Waals surface area contributed by atoms with Crippen LogP contribution in [0.25, 0.3) is 0 Å². The Kier molecular flexibility index (Phi) is 3.52. The number of aromatic nitrogens is 1. The van der Waals surface area contributed by atoms with Crippen molar-refractivity contribution in [3.05, 3.63) is 28.3 Å². The molecule has 0 radical (unpaired) electrons. The monoisotopic (exact) mass is 239 g/mol. The first-order valence-corrected chi connectivity index (χ1v) is 4.14. The van der Waals surface area contributed by atoms with Crippen LogP contribution < -0.4 is 0 Å². The number of carboxylic acid groups (broad SMARTS) is 1. The summed E-state index contributed by atoms with van der Waals surface area (Å²) in [6, 6.07) is 0. The largest absolute Gasteiger partial charge is 0.481 e. The van der Waals surface area contributed by atoms with Crippen LogP contribution in [-0.4, -0.2) is 16.1 Å². The average molecular weight is 240 g/mol. The predicted octanol–water partition coefficient (Wildman–Crippen LogP) is 2.44. The summed E-state index contributed by atoms with van der Waals surface area (Å²) in [5.74, 6) is -2.46. The van der Waals surface area contributed by atoms with Crippen molar-refractivity contribution in [2.45, 2.75) is 12.8 Å². The number of carbonyl (C=O) groups is 1. The van der Waals surface area contributed by atoms with Gasteiger partial charge in [-0.1, -0.05) is 11.6 Å². The van der Waals surface area contributed by atoms with Crippen LogP contribution in [0, 0.1) is 5.82 Å². The summed E-state index contributed by atoms with van der Waals surface area (Å²) in [6.07, 6.45) is -2.90. The zero-order valence-electron chi connectivity index (χ0n) is 7.18. The predicted molar refractivity (Wildman–Crippen MR) is 45.5 cm³/mol. The molecule has 0 bridgehead atoms. The molecule has 0 aliphatic heterocycles. The van der Waals surface area contributed by atoms with Crippen molar-refractivity contribution >= 4 is 17.6 Å². The molecule has 3 nitrogen and oxygen atoms in total. The molecule has 0 atom stereocenters. The van der Waals surface area contributed by atoms with Crippen molar-refractivity contribution in [2.75, 3.05) is 0 Å². The molecule has 0 amide bonds. The van der Waals surface area contributed by atoms with Gasteiger partial charge in [0.1, 0.15) is 16.5 Å². The standard InChI is InChI=1S/C8H5ClF3NO2/c9-5-6(10)3(1-4(14)15)2-13-7(5)8(11)12/h2,8H,1H2,(H,14,15). The van der Waals surface area contributed by atoms with Gasteiger partial charge in [-0.3, -0.25) is 9.78 Å². The minimum absolute atomic E-state index is 0.322. The van der Waals surface area contributed by atoms with Crippen molar-refractivity contribution in [1.29, 1.82) is 0 Å². The summed E-state index contributed by atoms with van der Waals surface area (Å²) >= 11 is 5.27. The molecule has 7 heteroatoms. The van der Waals surface area contributed by atoms with Gasteiger partial charge in [0.15, 0.2) is 0 Å². The Hall–Kier alpha value is -1.30. The quantitative estimate of drug-likeness (QED) is 0.881. The maximum absolute atomic E-state index is 13.2. The second kappa shape index (κ2) is 4.48. The molecule has 82 valence electrons. The average Bonchev–Trinajstić information content (AvgIpc) is 2.12. The molecular weight excluding hydrogens is 235 g/mol. The molecule has 1 heterocycles. The smallest absolute Gasteiger partial charge is 0.307 e. The number of hydrogen-bond acceptors (Lipinski definition) is 2. The molecule has 0 unspecified atom stereocenters. The van der Waals surface area contributed by atoms with Crippen LogP contribution in [0.1, 0.15) is 17.7 Å². The summed E-state index contributed by atoms with van der Waals surface area (Å²) in [6.45, 7) is 0.